The van der Waals surface area contributed by atoms with Crippen molar-refractivity contribution in [3.05, 3.63) is 70.0 Å². The van der Waals surface area contributed by atoms with Gasteiger partial charge in [0.25, 0.3) is 5.56 Å². The zero-order valence-electron chi connectivity index (χ0n) is 16.1. The molecule has 0 unspecified atom stereocenters. The van der Waals surface area contributed by atoms with Crippen molar-refractivity contribution in [1.82, 2.24) is 24.8 Å². The third-order valence-electron chi connectivity index (χ3n) is 5.14. The lowest BCUT2D eigenvalue weighted by atomic mass is 10.2. The molecule has 1 aliphatic rings. The molecule has 0 saturated carbocycles. The lowest BCUT2D eigenvalue weighted by molar-refractivity contribution is 0.243. The molecule has 1 fully saturated rings. The molecule has 0 bridgehead atoms. The summed E-state index contributed by atoms with van der Waals surface area (Å²) in [5.74, 6) is 1.45. The number of thiophene rings is 1. The van der Waals surface area contributed by atoms with E-state index in [0.29, 0.717) is 22.1 Å². The topological polar surface area (TPSA) is 78.0 Å². The minimum Gasteiger partial charge on any atom is -0.338 e. The minimum absolute atomic E-state index is 0.0865. The monoisotopic (exact) mass is 438 g/mol. The smallest absolute Gasteiger partial charge is 0.268 e. The van der Waals surface area contributed by atoms with E-state index >= 15 is 0 Å². The highest BCUT2D eigenvalue weighted by atomic mass is 35.5. The molecule has 0 atom stereocenters. The second kappa shape index (κ2) is 8.14. The number of hydrogen-bond acceptors (Lipinski definition) is 7. The number of H-pyrrole nitrogens is 1. The summed E-state index contributed by atoms with van der Waals surface area (Å²) in [4.78, 5) is 34.4. The standard InChI is InChI=1S/C21H19ClN6OS/c22-15-4-2-14(3-5-15)17-12-16-19(30-17)20(29)26-18(25-16)13-27-8-10-28(11-9-27)21-23-6-1-7-24-21/h1-7,12H,8-11,13H2,(H,25,26,29). The first kappa shape index (κ1) is 19.2. The summed E-state index contributed by atoms with van der Waals surface area (Å²) in [5, 5.41) is 0.692. The van der Waals surface area contributed by atoms with E-state index in [2.05, 4.69) is 24.8 Å². The van der Waals surface area contributed by atoms with E-state index in [9.17, 15) is 4.79 Å². The van der Waals surface area contributed by atoms with Crippen molar-refractivity contribution in [1.29, 1.82) is 0 Å². The van der Waals surface area contributed by atoms with Gasteiger partial charge in [-0.3, -0.25) is 9.69 Å². The molecule has 30 heavy (non-hydrogen) atoms. The van der Waals surface area contributed by atoms with Gasteiger partial charge in [0.15, 0.2) is 0 Å². The van der Waals surface area contributed by atoms with E-state index < -0.39 is 0 Å². The number of fused-ring (bicyclic) bond motifs is 1. The molecule has 1 aliphatic heterocycles. The third-order valence-corrected chi connectivity index (χ3v) is 6.57. The molecule has 4 aromatic rings. The summed E-state index contributed by atoms with van der Waals surface area (Å²) in [7, 11) is 0. The van der Waals surface area contributed by atoms with Crippen molar-refractivity contribution < 1.29 is 0 Å². The van der Waals surface area contributed by atoms with Crippen molar-refractivity contribution in [2.45, 2.75) is 6.54 Å². The van der Waals surface area contributed by atoms with Gasteiger partial charge >= 0.3 is 0 Å². The summed E-state index contributed by atoms with van der Waals surface area (Å²) in [6, 6.07) is 11.4. The largest absolute Gasteiger partial charge is 0.338 e. The molecule has 0 aliphatic carbocycles. The number of piperazine rings is 1. The van der Waals surface area contributed by atoms with Crippen LogP contribution in [-0.4, -0.2) is 51.0 Å². The molecular weight excluding hydrogens is 420 g/mol. The Morgan fingerprint density at radius 2 is 1.80 bits per heavy atom. The second-order valence-corrected chi connectivity index (χ2v) is 8.65. The summed E-state index contributed by atoms with van der Waals surface area (Å²) in [5.41, 5.74) is 1.68. The Morgan fingerprint density at radius 1 is 1.07 bits per heavy atom. The fourth-order valence-corrected chi connectivity index (χ4v) is 4.72. The zero-order chi connectivity index (χ0) is 20.5. The van der Waals surface area contributed by atoms with Gasteiger partial charge in [0.05, 0.1) is 12.1 Å². The number of halogens is 1. The van der Waals surface area contributed by atoms with Crippen LogP contribution < -0.4 is 10.5 Å². The predicted molar refractivity (Wildman–Crippen MR) is 120 cm³/mol. The zero-order valence-corrected chi connectivity index (χ0v) is 17.7. The Balaban J connectivity index is 1.32. The number of hydrogen-bond donors (Lipinski definition) is 1. The Kier molecular flexibility index (Phi) is 5.20. The Hall–Kier alpha value is -2.81. The Labute approximate surface area is 182 Å². The van der Waals surface area contributed by atoms with Gasteiger partial charge in [0.2, 0.25) is 5.95 Å². The fourth-order valence-electron chi connectivity index (χ4n) is 3.59. The third kappa shape index (κ3) is 3.94. The van der Waals surface area contributed by atoms with Gasteiger partial charge in [-0.15, -0.1) is 11.3 Å². The highest BCUT2D eigenvalue weighted by Gasteiger charge is 2.20. The van der Waals surface area contributed by atoms with Crippen LogP contribution in [0.3, 0.4) is 0 Å². The second-order valence-electron chi connectivity index (χ2n) is 7.16. The maximum Gasteiger partial charge on any atom is 0.268 e. The normalized spacial score (nSPS) is 15.0. The molecule has 9 heteroatoms. The molecule has 7 nitrogen and oxygen atoms in total. The van der Waals surface area contributed by atoms with Crippen LogP contribution in [-0.2, 0) is 6.54 Å². The summed E-state index contributed by atoms with van der Waals surface area (Å²) in [6.07, 6.45) is 3.52. The quantitative estimate of drug-likeness (QED) is 0.526. The predicted octanol–water partition coefficient (Wildman–Crippen LogP) is 3.42. The Bertz CT molecular complexity index is 1220. The summed E-state index contributed by atoms with van der Waals surface area (Å²) in [6.45, 7) is 4.02. The van der Waals surface area contributed by atoms with Crippen molar-refractivity contribution in [3.8, 4) is 10.4 Å². The molecule has 0 spiro atoms. The van der Waals surface area contributed by atoms with Gasteiger partial charge in [-0.2, -0.15) is 0 Å². The van der Waals surface area contributed by atoms with Gasteiger partial charge in [0.1, 0.15) is 10.5 Å². The lowest BCUT2D eigenvalue weighted by Crippen LogP contribution is -2.46. The SMILES string of the molecule is O=c1[nH]c(CN2CCN(c3ncccn3)CC2)nc2cc(-c3ccc(Cl)cc3)sc12. The number of nitrogens with zero attached hydrogens (tertiary/aromatic N) is 5. The average molecular weight is 439 g/mol. The molecule has 5 rings (SSSR count). The van der Waals surface area contributed by atoms with E-state index in [1.54, 1.807) is 12.4 Å². The molecule has 3 aromatic heterocycles. The van der Waals surface area contributed by atoms with Gasteiger partial charge in [0, 0.05) is 48.5 Å². The highest BCUT2D eigenvalue weighted by Crippen LogP contribution is 2.31. The van der Waals surface area contributed by atoms with E-state index in [1.165, 1.54) is 11.3 Å². The molecule has 1 aromatic carbocycles. The van der Waals surface area contributed by atoms with Crippen LogP contribution >= 0.6 is 22.9 Å². The lowest BCUT2D eigenvalue weighted by Gasteiger charge is -2.34. The van der Waals surface area contributed by atoms with E-state index in [0.717, 1.165) is 48.1 Å². The first-order valence-electron chi connectivity index (χ1n) is 9.69. The maximum absolute atomic E-state index is 12.6. The fraction of sp³-hybridized carbons (Fsp3) is 0.238. The molecule has 152 valence electrons. The molecule has 1 saturated heterocycles. The molecule has 0 amide bonds. The molecular formula is C21H19ClN6OS. The highest BCUT2D eigenvalue weighted by molar-refractivity contribution is 7.22. The van der Waals surface area contributed by atoms with Crippen LogP contribution in [0.5, 0.6) is 0 Å². The van der Waals surface area contributed by atoms with E-state index in [1.807, 2.05) is 36.4 Å². The summed E-state index contributed by atoms with van der Waals surface area (Å²) >= 11 is 7.43. The van der Waals surface area contributed by atoms with Crippen LogP contribution in [0.4, 0.5) is 5.95 Å². The van der Waals surface area contributed by atoms with Crippen molar-refractivity contribution >= 4 is 39.1 Å². The van der Waals surface area contributed by atoms with Gasteiger partial charge in [-0.25, -0.2) is 15.0 Å². The van der Waals surface area contributed by atoms with Crippen LogP contribution in [0.1, 0.15) is 5.82 Å². The number of anilines is 1. The number of nitrogens with one attached hydrogen (secondary N) is 1. The first-order chi connectivity index (χ1) is 14.7. The van der Waals surface area contributed by atoms with Crippen molar-refractivity contribution in [2.24, 2.45) is 0 Å². The van der Waals surface area contributed by atoms with Crippen LogP contribution in [0.25, 0.3) is 20.7 Å². The van der Waals surface area contributed by atoms with Crippen LogP contribution in [0.2, 0.25) is 5.02 Å². The Morgan fingerprint density at radius 3 is 2.53 bits per heavy atom. The summed E-state index contributed by atoms with van der Waals surface area (Å²) < 4.78 is 0.648. The van der Waals surface area contributed by atoms with Gasteiger partial charge in [-0.05, 0) is 29.8 Å². The number of benzene rings is 1. The minimum atomic E-state index is -0.0865. The molecule has 4 heterocycles. The average Bonchev–Trinajstić information content (AvgIpc) is 3.20. The van der Waals surface area contributed by atoms with E-state index in [-0.39, 0.29) is 5.56 Å². The van der Waals surface area contributed by atoms with Crippen molar-refractivity contribution in [2.75, 3.05) is 31.1 Å². The number of rotatable bonds is 4. The molecule has 1 N–H and O–H groups in total. The number of aromatic nitrogens is 4. The van der Waals surface area contributed by atoms with Gasteiger partial charge < -0.3 is 9.88 Å². The first-order valence-corrected chi connectivity index (χ1v) is 10.9. The maximum atomic E-state index is 12.6. The number of aromatic amines is 1. The van der Waals surface area contributed by atoms with E-state index in [4.69, 9.17) is 16.6 Å². The van der Waals surface area contributed by atoms with Crippen molar-refractivity contribution in [3.63, 3.8) is 0 Å². The van der Waals surface area contributed by atoms with Crippen LogP contribution in [0.15, 0.2) is 53.6 Å². The molecule has 0 radical (unpaired) electrons. The van der Waals surface area contributed by atoms with Gasteiger partial charge in [-0.1, -0.05) is 23.7 Å². The van der Waals surface area contributed by atoms with Crippen LogP contribution in [0, 0.1) is 0 Å².